The van der Waals surface area contributed by atoms with E-state index in [1.807, 2.05) is 0 Å². The minimum atomic E-state index is -4.29. The summed E-state index contributed by atoms with van der Waals surface area (Å²) in [5, 5.41) is 0. The minimum Gasteiger partial charge on any atom is -0.324 e. The van der Waals surface area contributed by atoms with Gasteiger partial charge in [-0.15, -0.1) is 12.4 Å². The molecule has 80 valence electrons. The molecule has 6 heteroatoms. The Morgan fingerprint density at radius 1 is 1.29 bits per heavy atom. The molecule has 0 spiro atoms. The van der Waals surface area contributed by atoms with Crippen LogP contribution in [-0.4, -0.2) is 0 Å². The van der Waals surface area contributed by atoms with Gasteiger partial charge in [-0.25, -0.2) is 0 Å². The van der Waals surface area contributed by atoms with Gasteiger partial charge in [0, 0.05) is 0 Å². The highest BCUT2D eigenvalue weighted by Gasteiger charge is 2.30. The van der Waals surface area contributed by atoms with E-state index in [9.17, 15) is 13.2 Å². The van der Waals surface area contributed by atoms with Crippen LogP contribution in [0.1, 0.15) is 11.1 Å². The lowest BCUT2D eigenvalue weighted by Gasteiger charge is -2.10. The number of nitrogen functional groups attached to an aromatic ring is 1. The zero-order chi connectivity index (χ0) is 10.1. The number of benzene rings is 1. The summed E-state index contributed by atoms with van der Waals surface area (Å²) in [6.45, 7) is 1.56. The van der Waals surface area contributed by atoms with Crippen LogP contribution in [0.25, 0.3) is 0 Å². The standard InChI is InChI=1S/C8H9F3N2.ClH/c1-5-4-6(8(9,10)11)2-3-7(5)13-12;/h2-4,13H,12H2,1H3;1H. The number of alkyl halides is 3. The van der Waals surface area contributed by atoms with Crippen LogP contribution in [0.15, 0.2) is 18.2 Å². The van der Waals surface area contributed by atoms with Crippen molar-refractivity contribution in [3.05, 3.63) is 29.3 Å². The molecular weight excluding hydrogens is 217 g/mol. The second-order valence-corrected chi connectivity index (χ2v) is 2.67. The van der Waals surface area contributed by atoms with Crippen molar-refractivity contribution < 1.29 is 13.2 Å². The number of anilines is 1. The molecule has 0 radical (unpaired) electrons. The molecule has 0 atom stereocenters. The topological polar surface area (TPSA) is 38.0 Å². The molecule has 2 nitrogen and oxygen atoms in total. The van der Waals surface area contributed by atoms with Gasteiger partial charge in [0.2, 0.25) is 0 Å². The predicted molar refractivity (Wildman–Crippen MR) is 51.2 cm³/mol. The zero-order valence-electron chi connectivity index (χ0n) is 7.35. The molecule has 1 aromatic carbocycles. The first kappa shape index (κ1) is 13.1. The maximum absolute atomic E-state index is 12.2. The van der Waals surface area contributed by atoms with Gasteiger partial charge in [-0.2, -0.15) is 13.2 Å². The summed E-state index contributed by atoms with van der Waals surface area (Å²) in [4.78, 5) is 0. The third-order valence-electron chi connectivity index (χ3n) is 1.71. The van der Waals surface area contributed by atoms with Gasteiger partial charge in [0.15, 0.2) is 0 Å². The van der Waals surface area contributed by atoms with Crippen molar-refractivity contribution in [2.24, 2.45) is 5.84 Å². The second-order valence-electron chi connectivity index (χ2n) is 2.67. The molecule has 14 heavy (non-hydrogen) atoms. The van der Waals surface area contributed by atoms with Crippen molar-refractivity contribution in [1.29, 1.82) is 0 Å². The van der Waals surface area contributed by atoms with E-state index in [0.717, 1.165) is 12.1 Å². The molecule has 0 bridgehead atoms. The molecule has 0 aliphatic carbocycles. The Morgan fingerprint density at radius 2 is 1.86 bits per heavy atom. The lowest BCUT2D eigenvalue weighted by Crippen LogP contribution is -2.10. The summed E-state index contributed by atoms with van der Waals surface area (Å²) in [6.07, 6.45) is -4.29. The fraction of sp³-hybridized carbons (Fsp3) is 0.250. The normalized spacial score (nSPS) is 10.6. The average Bonchev–Trinajstić information content (AvgIpc) is 2.02. The SMILES string of the molecule is Cc1cc(C(F)(F)F)ccc1NN.Cl. The summed E-state index contributed by atoms with van der Waals surface area (Å²) in [7, 11) is 0. The van der Waals surface area contributed by atoms with E-state index < -0.39 is 11.7 Å². The highest BCUT2D eigenvalue weighted by Crippen LogP contribution is 2.31. The van der Waals surface area contributed by atoms with Crippen molar-refractivity contribution in [2.45, 2.75) is 13.1 Å². The smallest absolute Gasteiger partial charge is 0.324 e. The second kappa shape index (κ2) is 4.52. The molecule has 1 aromatic rings. The molecule has 0 saturated heterocycles. The van der Waals surface area contributed by atoms with Crippen LogP contribution in [0.4, 0.5) is 18.9 Å². The van der Waals surface area contributed by atoms with Crippen LogP contribution in [0.3, 0.4) is 0 Å². The Morgan fingerprint density at radius 3 is 2.21 bits per heavy atom. The van der Waals surface area contributed by atoms with Crippen LogP contribution in [0.5, 0.6) is 0 Å². The Balaban J connectivity index is 0.00000169. The number of halogens is 4. The fourth-order valence-electron chi connectivity index (χ4n) is 1.00. The van der Waals surface area contributed by atoms with Crippen LogP contribution in [0.2, 0.25) is 0 Å². The molecule has 0 heterocycles. The summed E-state index contributed by atoms with van der Waals surface area (Å²) in [5.74, 6) is 5.08. The Bertz CT molecular complexity index is 312. The highest BCUT2D eigenvalue weighted by molar-refractivity contribution is 5.85. The minimum absolute atomic E-state index is 0. The van der Waals surface area contributed by atoms with Crippen molar-refractivity contribution in [2.75, 3.05) is 5.43 Å². The molecular formula is C8H10ClF3N2. The maximum Gasteiger partial charge on any atom is 0.416 e. The molecule has 0 aromatic heterocycles. The first-order chi connectivity index (χ1) is 5.95. The fourth-order valence-corrected chi connectivity index (χ4v) is 1.00. The highest BCUT2D eigenvalue weighted by atomic mass is 35.5. The largest absolute Gasteiger partial charge is 0.416 e. The number of hydrazine groups is 1. The average molecular weight is 227 g/mol. The van der Waals surface area contributed by atoms with E-state index in [1.54, 1.807) is 6.92 Å². The Hall–Kier alpha value is -0.940. The number of aryl methyl sites for hydroxylation is 1. The van der Waals surface area contributed by atoms with E-state index in [1.165, 1.54) is 6.07 Å². The number of nitrogens with two attached hydrogens (primary N) is 1. The van der Waals surface area contributed by atoms with Crippen molar-refractivity contribution in [3.63, 3.8) is 0 Å². The van der Waals surface area contributed by atoms with E-state index in [4.69, 9.17) is 5.84 Å². The van der Waals surface area contributed by atoms with E-state index in [2.05, 4.69) is 5.43 Å². The van der Waals surface area contributed by atoms with Crippen LogP contribution < -0.4 is 11.3 Å². The van der Waals surface area contributed by atoms with Crippen LogP contribution in [-0.2, 0) is 6.18 Å². The Labute approximate surface area is 85.7 Å². The Kier molecular flexibility index (Phi) is 4.22. The van der Waals surface area contributed by atoms with Crippen LogP contribution in [0, 0.1) is 6.92 Å². The quantitative estimate of drug-likeness (QED) is 0.571. The summed E-state index contributed by atoms with van der Waals surface area (Å²) >= 11 is 0. The predicted octanol–water partition coefficient (Wildman–Crippen LogP) is 2.72. The number of hydrogen-bond acceptors (Lipinski definition) is 2. The molecule has 0 aliphatic rings. The monoisotopic (exact) mass is 226 g/mol. The van der Waals surface area contributed by atoms with E-state index in [0.29, 0.717) is 11.3 Å². The number of hydrogen-bond donors (Lipinski definition) is 2. The molecule has 0 unspecified atom stereocenters. The molecule has 1 rings (SSSR count). The summed E-state index contributed by atoms with van der Waals surface area (Å²) in [6, 6.07) is 3.34. The van der Waals surface area contributed by atoms with E-state index in [-0.39, 0.29) is 12.4 Å². The van der Waals surface area contributed by atoms with Gasteiger partial charge < -0.3 is 5.43 Å². The van der Waals surface area contributed by atoms with Gasteiger partial charge in [0.25, 0.3) is 0 Å². The lowest BCUT2D eigenvalue weighted by atomic mass is 10.1. The van der Waals surface area contributed by atoms with Gasteiger partial charge in [0.1, 0.15) is 0 Å². The van der Waals surface area contributed by atoms with Gasteiger partial charge in [-0.3, -0.25) is 5.84 Å². The summed E-state index contributed by atoms with van der Waals surface area (Å²) in [5.41, 5.74) is 2.61. The van der Waals surface area contributed by atoms with Crippen molar-refractivity contribution in [3.8, 4) is 0 Å². The first-order valence-electron chi connectivity index (χ1n) is 3.59. The van der Waals surface area contributed by atoms with Gasteiger partial charge in [-0.05, 0) is 30.7 Å². The molecule has 0 aliphatic heterocycles. The molecule has 0 fully saturated rings. The van der Waals surface area contributed by atoms with E-state index >= 15 is 0 Å². The summed E-state index contributed by atoms with van der Waals surface area (Å²) < 4.78 is 36.5. The van der Waals surface area contributed by atoms with Crippen molar-refractivity contribution >= 4 is 18.1 Å². The number of nitrogens with one attached hydrogen (secondary N) is 1. The molecule has 0 saturated carbocycles. The number of rotatable bonds is 1. The van der Waals surface area contributed by atoms with Gasteiger partial charge in [0.05, 0.1) is 11.3 Å². The maximum atomic E-state index is 12.2. The molecule has 3 N–H and O–H groups in total. The van der Waals surface area contributed by atoms with Crippen molar-refractivity contribution in [1.82, 2.24) is 0 Å². The third kappa shape index (κ3) is 2.78. The van der Waals surface area contributed by atoms with Gasteiger partial charge in [-0.1, -0.05) is 0 Å². The lowest BCUT2D eigenvalue weighted by molar-refractivity contribution is -0.137. The van der Waals surface area contributed by atoms with Gasteiger partial charge >= 0.3 is 6.18 Å². The zero-order valence-corrected chi connectivity index (χ0v) is 8.17. The first-order valence-corrected chi connectivity index (χ1v) is 3.59. The molecule has 0 amide bonds. The van der Waals surface area contributed by atoms with Crippen LogP contribution >= 0.6 is 12.4 Å². The third-order valence-corrected chi connectivity index (χ3v) is 1.71.